The van der Waals surface area contributed by atoms with Gasteiger partial charge in [-0.3, -0.25) is 4.68 Å². The molecule has 40 heavy (non-hydrogen) atoms. The molecule has 1 aliphatic heterocycles. The quantitative estimate of drug-likeness (QED) is 0.312. The standard InChI is InChI=1S/C28H27N9O2S/c1-35-18-23(17-31-35)25-19-37-28(22(13-29)16-32-37)27(34-25)21-5-8-26(30-15-21)36-9-11-40(38,12-10-36)33-14-20-3-6-24(39-2)7-4-20/h3-8,15-19H,9-12,14H2,1-2H3. The van der Waals surface area contributed by atoms with Crippen molar-refractivity contribution in [2.24, 2.45) is 11.4 Å². The third-order valence-electron chi connectivity index (χ3n) is 6.96. The molecule has 202 valence electrons. The Morgan fingerprint density at radius 2 is 1.82 bits per heavy atom. The number of nitrogens with zero attached hydrogens (tertiary/aromatic N) is 9. The lowest BCUT2D eigenvalue weighted by atomic mass is 10.1. The number of fused-ring (bicyclic) bond motifs is 1. The maximum Gasteiger partial charge on any atom is 0.128 e. The number of ether oxygens (including phenoxy) is 1. The van der Waals surface area contributed by atoms with Crippen molar-refractivity contribution in [2.75, 3.05) is 36.6 Å². The first-order valence-electron chi connectivity index (χ1n) is 12.7. The molecule has 1 aliphatic rings. The van der Waals surface area contributed by atoms with E-state index in [1.807, 2.05) is 49.6 Å². The van der Waals surface area contributed by atoms with Crippen LogP contribution in [0.5, 0.6) is 5.75 Å². The second-order valence-corrected chi connectivity index (χ2v) is 12.2. The van der Waals surface area contributed by atoms with E-state index in [4.69, 9.17) is 14.7 Å². The average molecular weight is 554 g/mol. The monoisotopic (exact) mass is 553 g/mol. The summed E-state index contributed by atoms with van der Waals surface area (Å²) in [5.74, 6) is 2.57. The molecule has 5 aromatic rings. The van der Waals surface area contributed by atoms with Crippen molar-refractivity contribution >= 4 is 21.1 Å². The van der Waals surface area contributed by atoms with Crippen LogP contribution >= 0.6 is 0 Å². The predicted octanol–water partition coefficient (Wildman–Crippen LogP) is 3.56. The molecule has 12 heteroatoms. The van der Waals surface area contributed by atoms with Crippen LogP contribution in [0.3, 0.4) is 0 Å². The van der Waals surface area contributed by atoms with E-state index in [0.29, 0.717) is 53.6 Å². The van der Waals surface area contributed by atoms with Gasteiger partial charge in [-0.05, 0) is 29.8 Å². The normalized spacial score (nSPS) is 14.7. The Morgan fingerprint density at radius 3 is 2.48 bits per heavy atom. The first kappa shape index (κ1) is 25.5. The van der Waals surface area contributed by atoms with Gasteiger partial charge in [0, 0.05) is 55.2 Å². The van der Waals surface area contributed by atoms with Crippen molar-refractivity contribution in [1.82, 2.24) is 29.4 Å². The fraction of sp³-hybridized carbons (Fsp3) is 0.250. The van der Waals surface area contributed by atoms with Gasteiger partial charge in [-0.1, -0.05) is 12.1 Å². The average Bonchev–Trinajstić information content (AvgIpc) is 3.62. The lowest BCUT2D eigenvalue weighted by molar-refractivity contribution is 0.414. The van der Waals surface area contributed by atoms with Gasteiger partial charge in [0.15, 0.2) is 0 Å². The zero-order valence-electron chi connectivity index (χ0n) is 22.1. The van der Waals surface area contributed by atoms with Crippen molar-refractivity contribution in [3.05, 3.63) is 78.5 Å². The first-order chi connectivity index (χ1) is 19.4. The molecule has 0 atom stereocenters. The van der Waals surface area contributed by atoms with E-state index in [1.54, 1.807) is 41.1 Å². The van der Waals surface area contributed by atoms with Crippen LogP contribution in [0, 0.1) is 11.3 Å². The molecule has 0 saturated carbocycles. The Bertz CT molecular complexity index is 1830. The Hall–Kier alpha value is -4.76. The third kappa shape index (κ3) is 4.99. The van der Waals surface area contributed by atoms with Crippen LogP contribution in [0.25, 0.3) is 28.0 Å². The minimum atomic E-state index is -2.28. The zero-order valence-corrected chi connectivity index (χ0v) is 23.0. The maximum absolute atomic E-state index is 13.3. The van der Waals surface area contributed by atoms with Gasteiger partial charge in [0.2, 0.25) is 0 Å². The molecule has 1 aromatic carbocycles. The highest BCUT2D eigenvalue weighted by atomic mass is 32.2. The molecule has 0 radical (unpaired) electrons. The summed E-state index contributed by atoms with van der Waals surface area (Å²) < 4.78 is 26.5. The van der Waals surface area contributed by atoms with E-state index >= 15 is 0 Å². The minimum absolute atomic E-state index is 0.425. The summed E-state index contributed by atoms with van der Waals surface area (Å²) in [7, 11) is 1.20. The van der Waals surface area contributed by atoms with Crippen LogP contribution < -0.4 is 9.64 Å². The molecule has 4 aromatic heterocycles. The van der Waals surface area contributed by atoms with E-state index in [0.717, 1.165) is 28.3 Å². The van der Waals surface area contributed by atoms with E-state index < -0.39 is 9.73 Å². The fourth-order valence-corrected chi connectivity index (χ4v) is 6.56. The lowest BCUT2D eigenvalue weighted by Gasteiger charge is -2.29. The van der Waals surface area contributed by atoms with E-state index in [-0.39, 0.29) is 0 Å². The van der Waals surface area contributed by atoms with Gasteiger partial charge in [-0.25, -0.2) is 23.1 Å². The summed E-state index contributed by atoms with van der Waals surface area (Å²) in [5.41, 5.74) is 5.00. The number of methoxy groups -OCH3 is 1. The smallest absolute Gasteiger partial charge is 0.128 e. The predicted molar refractivity (Wildman–Crippen MR) is 152 cm³/mol. The summed E-state index contributed by atoms with van der Waals surface area (Å²) in [4.78, 5) is 11.7. The number of aromatic nitrogens is 6. The maximum atomic E-state index is 13.3. The Balaban J connectivity index is 1.22. The van der Waals surface area contributed by atoms with Gasteiger partial charge < -0.3 is 9.64 Å². The minimum Gasteiger partial charge on any atom is -0.497 e. The molecule has 0 amide bonds. The van der Waals surface area contributed by atoms with Gasteiger partial charge in [-0.15, -0.1) is 0 Å². The van der Waals surface area contributed by atoms with Crippen molar-refractivity contribution < 1.29 is 8.95 Å². The highest BCUT2D eigenvalue weighted by molar-refractivity contribution is 7.93. The number of nitriles is 1. The molecule has 0 bridgehead atoms. The van der Waals surface area contributed by atoms with E-state index in [2.05, 4.69) is 25.5 Å². The number of rotatable bonds is 6. The van der Waals surface area contributed by atoms with Gasteiger partial charge in [0.25, 0.3) is 0 Å². The number of benzene rings is 1. The van der Waals surface area contributed by atoms with Gasteiger partial charge in [0.05, 0.1) is 53.4 Å². The fourth-order valence-electron chi connectivity index (χ4n) is 4.70. The van der Waals surface area contributed by atoms with E-state index in [9.17, 15) is 9.47 Å². The SMILES string of the molecule is COc1ccc(CN=S2(=O)CCN(c3ccc(-c4nc(-c5cnn(C)c5)cn5ncc(C#N)c45)cn3)CC2)cc1. The second kappa shape index (κ2) is 10.4. The number of hydrogen-bond donors (Lipinski definition) is 0. The van der Waals surface area contributed by atoms with Gasteiger partial charge in [-0.2, -0.15) is 15.5 Å². The highest BCUT2D eigenvalue weighted by Crippen LogP contribution is 2.29. The van der Waals surface area contributed by atoms with Crippen LogP contribution in [0.1, 0.15) is 11.1 Å². The molecule has 11 nitrogen and oxygen atoms in total. The lowest BCUT2D eigenvalue weighted by Crippen LogP contribution is -2.40. The van der Waals surface area contributed by atoms with Crippen LogP contribution in [0.15, 0.2) is 71.7 Å². The van der Waals surface area contributed by atoms with Crippen molar-refractivity contribution in [3.63, 3.8) is 0 Å². The van der Waals surface area contributed by atoms with Crippen molar-refractivity contribution in [1.29, 1.82) is 5.26 Å². The highest BCUT2D eigenvalue weighted by Gasteiger charge is 2.22. The molecule has 0 N–H and O–H groups in total. The first-order valence-corrected chi connectivity index (χ1v) is 14.6. The van der Waals surface area contributed by atoms with E-state index in [1.165, 1.54) is 0 Å². The number of hydrogen-bond acceptors (Lipinski definition) is 9. The molecule has 1 saturated heterocycles. The summed E-state index contributed by atoms with van der Waals surface area (Å²) in [6, 6.07) is 13.8. The largest absolute Gasteiger partial charge is 0.497 e. The van der Waals surface area contributed by atoms with Crippen molar-refractivity contribution in [3.8, 4) is 34.3 Å². The Kier molecular flexibility index (Phi) is 6.65. The molecule has 5 heterocycles. The van der Waals surface area contributed by atoms with Crippen molar-refractivity contribution in [2.45, 2.75) is 6.54 Å². The molecular formula is C28H27N9O2S. The second-order valence-electron chi connectivity index (χ2n) is 9.55. The summed E-state index contributed by atoms with van der Waals surface area (Å²) in [6.07, 6.45) is 8.72. The Morgan fingerprint density at radius 1 is 1.02 bits per heavy atom. The third-order valence-corrected chi connectivity index (χ3v) is 9.21. The topological polar surface area (TPSA) is 127 Å². The molecule has 0 aliphatic carbocycles. The summed E-state index contributed by atoms with van der Waals surface area (Å²) >= 11 is 0. The van der Waals surface area contributed by atoms with Gasteiger partial charge in [0.1, 0.15) is 28.7 Å². The van der Waals surface area contributed by atoms with Crippen LogP contribution in [0.4, 0.5) is 5.82 Å². The van der Waals surface area contributed by atoms with Crippen LogP contribution in [0.2, 0.25) is 0 Å². The van der Waals surface area contributed by atoms with Gasteiger partial charge >= 0.3 is 0 Å². The summed E-state index contributed by atoms with van der Waals surface area (Å²) in [6.45, 7) is 1.64. The Labute approximate surface area is 231 Å². The van der Waals surface area contributed by atoms with Crippen LogP contribution in [-0.4, -0.2) is 65.3 Å². The number of anilines is 1. The molecule has 0 spiro atoms. The number of aryl methyl sites for hydroxylation is 1. The molecular weight excluding hydrogens is 526 g/mol. The number of pyridine rings is 1. The molecule has 1 fully saturated rings. The molecule has 0 unspecified atom stereocenters. The van der Waals surface area contributed by atoms with Crippen LogP contribution in [-0.2, 0) is 23.3 Å². The summed E-state index contributed by atoms with van der Waals surface area (Å²) in [5, 5.41) is 18.3. The zero-order chi connectivity index (χ0) is 27.7. The molecule has 6 rings (SSSR count).